The topological polar surface area (TPSA) is 107 Å². The smallest absolute Gasteiger partial charge is 0.407 e. The van der Waals surface area contributed by atoms with Gasteiger partial charge in [0, 0.05) is 6.04 Å². The molecule has 2 heterocycles. The Morgan fingerprint density at radius 1 is 1.18 bits per heavy atom. The first-order valence-corrected chi connectivity index (χ1v) is 9.46. The maximum atomic E-state index is 12.2. The molecule has 3 rings (SSSR count). The highest BCUT2D eigenvalue weighted by Crippen LogP contribution is 2.22. The molecule has 1 fully saturated rings. The molecule has 0 aliphatic heterocycles. The summed E-state index contributed by atoms with van der Waals surface area (Å²) in [5, 5.41) is 10.7. The van der Waals surface area contributed by atoms with Crippen LogP contribution in [0.25, 0.3) is 5.52 Å². The fraction of sp³-hybridized carbons (Fsp3) is 0.579. The largest absolute Gasteiger partial charge is 0.464 e. The summed E-state index contributed by atoms with van der Waals surface area (Å²) >= 11 is 0. The van der Waals surface area contributed by atoms with Gasteiger partial charge in [0.05, 0.1) is 24.9 Å². The second kappa shape index (κ2) is 8.04. The van der Waals surface area contributed by atoms with Crippen molar-refractivity contribution in [3.05, 3.63) is 24.0 Å². The van der Waals surface area contributed by atoms with Gasteiger partial charge >= 0.3 is 12.1 Å². The molecule has 0 bridgehead atoms. The normalized spacial score (nSPS) is 19.9. The summed E-state index contributed by atoms with van der Waals surface area (Å²) in [5.41, 5.74) is 0.474. The molecule has 1 aliphatic rings. The summed E-state index contributed by atoms with van der Waals surface area (Å²) < 4.78 is 11.7. The van der Waals surface area contributed by atoms with E-state index in [4.69, 9.17) is 9.47 Å². The van der Waals surface area contributed by atoms with E-state index in [1.165, 1.54) is 11.6 Å². The summed E-state index contributed by atoms with van der Waals surface area (Å²) in [6.07, 6.45) is 5.00. The van der Waals surface area contributed by atoms with Crippen LogP contribution in [0.3, 0.4) is 0 Å². The molecular weight excluding hydrogens is 362 g/mol. The first kappa shape index (κ1) is 19.9. The number of hydrogen-bond donors (Lipinski definition) is 2. The van der Waals surface area contributed by atoms with E-state index in [0.29, 0.717) is 17.2 Å². The van der Waals surface area contributed by atoms with Crippen LogP contribution in [-0.2, 0) is 9.47 Å². The number of amides is 1. The number of nitrogens with one attached hydrogen (secondary N) is 2. The van der Waals surface area contributed by atoms with Crippen molar-refractivity contribution in [2.75, 3.05) is 12.4 Å². The Balaban J connectivity index is 1.74. The van der Waals surface area contributed by atoms with Crippen molar-refractivity contribution in [3.8, 4) is 0 Å². The first-order valence-electron chi connectivity index (χ1n) is 9.46. The van der Waals surface area contributed by atoms with Gasteiger partial charge in [0.1, 0.15) is 5.60 Å². The average molecular weight is 389 g/mol. The van der Waals surface area contributed by atoms with Gasteiger partial charge in [-0.15, -0.1) is 5.10 Å². The van der Waals surface area contributed by atoms with E-state index in [0.717, 1.165) is 25.7 Å². The van der Waals surface area contributed by atoms with E-state index < -0.39 is 17.7 Å². The average Bonchev–Trinajstić information content (AvgIpc) is 3.04. The van der Waals surface area contributed by atoms with E-state index in [9.17, 15) is 9.59 Å². The lowest BCUT2D eigenvalue weighted by molar-refractivity contribution is 0.0487. The van der Waals surface area contributed by atoms with Gasteiger partial charge in [-0.05, 0) is 45.7 Å². The van der Waals surface area contributed by atoms with Crippen molar-refractivity contribution < 1.29 is 19.1 Å². The number of rotatable bonds is 4. The Kier molecular flexibility index (Phi) is 5.71. The van der Waals surface area contributed by atoms with Crippen molar-refractivity contribution in [1.82, 2.24) is 19.9 Å². The van der Waals surface area contributed by atoms with Crippen LogP contribution in [0.1, 0.15) is 56.9 Å². The lowest BCUT2D eigenvalue weighted by atomic mass is 9.90. The minimum absolute atomic E-state index is 0.0316. The Bertz CT molecular complexity index is 858. The van der Waals surface area contributed by atoms with Crippen LogP contribution in [0.4, 0.5) is 10.7 Å². The van der Waals surface area contributed by atoms with Crippen LogP contribution in [-0.4, -0.2) is 51.5 Å². The van der Waals surface area contributed by atoms with Crippen LogP contribution in [0, 0.1) is 0 Å². The quantitative estimate of drug-likeness (QED) is 0.774. The van der Waals surface area contributed by atoms with Crippen molar-refractivity contribution in [2.24, 2.45) is 0 Å². The third kappa shape index (κ3) is 4.71. The number of alkyl carbamates (subject to hydrolysis) is 1. The van der Waals surface area contributed by atoms with E-state index in [1.54, 1.807) is 18.3 Å². The van der Waals surface area contributed by atoms with Crippen LogP contribution in [0.5, 0.6) is 0 Å². The van der Waals surface area contributed by atoms with Gasteiger partial charge in [0.2, 0.25) is 5.95 Å². The van der Waals surface area contributed by atoms with E-state index in [-0.39, 0.29) is 12.1 Å². The van der Waals surface area contributed by atoms with Gasteiger partial charge in [-0.25, -0.2) is 19.1 Å². The Labute approximate surface area is 163 Å². The fourth-order valence-corrected chi connectivity index (χ4v) is 3.33. The molecule has 9 heteroatoms. The van der Waals surface area contributed by atoms with Gasteiger partial charge < -0.3 is 20.1 Å². The Morgan fingerprint density at radius 3 is 2.57 bits per heavy atom. The highest BCUT2D eigenvalue weighted by Gasteiger charge is 2.29. The standard InChI is InChI=1S/C19H27N5O4/c1-19(2,3)28-18(26)22-14-8-6-5-7-13(14)21-17-20-11-12-9-10-15(16(25)27-4)24(12)23-17/h9-11,13-14H,5-8H2,1-4H3,(H,21,23)(H,22,26)/t13-,14+/m1/s1. The minimum Gasteiger partial charge on any atom is -0.464 e. The molecule has 9 nitrogen and oxygen atoms in total. The molecule has 2 atom stereocenters. The van der Waals surface area contributed by atoms with Crippen LogP contribution < -0.4 is 10.6 Å². The molecule has 2 aromatic rings. The summed E-state index contributed by atoms with van der Waals surface area (Å²) in [5.74, 6) is -0.0801. The molecule has 2 N–H and O–H groups in total. The first-order chi connectivity index (χ1) is 13.3. The van der Waals surface area contributed by atoms with Crippen molar-refractivity contribution in [2.45, 2.75) is 64.1 Å². The zero-order valence-corrected chi connectivity index (χ0v) is 16.7. The number of fused-ring (bicyclic) bond motifs is 1. The number of anilines is 1. The number of aromatic nitrogens is 3. The Morgan fingerprint density at radius 2 is 1.89 bits per heavy atom. The second-order valence-electron chi connectivity index (χ2n) is 7.92. The molecule has 1 saturated carbocycles. The zero-order chi connectivity index (χ0) is 20.3. The van der Waals surface area contributed by atoms with Gasteiger partial charge in [0.25, 0.3) is 0 Å². The summed E-state index contributed by atoms with van der Waals surface area (Å²) in [7, 11) is 1.33. The van der Waals surface area contributed by atoms with Gasteiger partial charge in [-0.3, -0.25) is 0 Å². The molecule has 1 amide bonds. The third-order valence-corrected chi connectivity index (χ3v) is 4.58. The number of carbonyl (C=O) groups excluding carboxylic acids is 2. The maximum Gasteiger partial charge on any atom is 0.407 e. The Hall–Kier alpha value is -2.84. The number of esters is 1. The highest BCUT2D eigenvalue weighted by molar-refractivity contribution is 5.89. The number of methoxy groups -OCH3 is 1. The van der Waals surface area contributed by atoms with Crippen molar-refractivity contribution in [1.29, 1.82) is 0 Å². The number of carbonyl (C=O) groups is 2. The SMILES string of the molecule is COC(=O)c1ccc2cnc(N[C@@H]3CCCC[C@@H]3NC(=O)OC(C)(C)C)nn12. The monoisotopic (exact) mass is 389 g/mol. The van der Waals surface area contributed by atoms with Crippen LogP contribution >= 0.6 is 0 Å². The molecule has 0 radical (unpaired) electrons. The molecule has 2 aromatic heterocycles. The summed E-state index contributed by atoms with van der Waals surface area (Å²) in [6.45, 7) is 5.51. The fourth-order valence-electron chi connectivity index (χ4n) is 3.33. The van der Waals surface area contributed by atoms with Crippen LogP contribution in [0.15, 0.2) is 18.3 Å². The lowest BCUT2D eigenvalue weighted by Gasteiger charge is -2.33. The number of hydrogen-bond acceptors (Lipinski definition) is 7. The number of nitrogens with zero attached hydrogens (tertiary/aromatic N) is 3. The van der Waals surface area contributed by atoms with E-state index >= 15 is 0 Å². The van der Waals surface area contributed by atoms with Crippen molar-refractivity contribution in [3.63, 3.8) is 0 Å². The molecule has 0 aromatic carbocycles. The number of ether oxygens (including phenoxy) is 2. The van der Waals surface area contributed by atoms with Crippen molar-refractivity contribution >= 4 is 23.5 Å². The van der Waals surface area contributed by atoms with Gasteiger partial charge in [-0.1, -0.05) is 12.8 Å². The molecule has 152 valence electrons. The molecule has 28 heavy (non-hydrogen) atoms. The molecular formula is C19H27N5O4. The van der Waals surface area contributed by atoms with Gasteiger partial charge in [0.15, 0.2) is 5.69 Å². The predicted octanol–water partition coefficient (Wildman–Crippen LogP) is 2.76. The molecule has 0 spiro atoms. The summed E-state index contributed by atoms with van der Waals surface area (Å²) in [4.78, 5) is 28.4. The third-order valence-electron chi connectivity index (χ3n) is 4.58. The zero-order valence-electron chi connectivity index (χ0n) is 16.7. The summed E-state index contributed by atoms with van der Waals surface area (Å²) in [6, 6.07) is 3.28. The molecule has 0 saturated heterocycles. The molecule has 1 aliphatic carbocycles. The van der Waals surface area contributed by atoms with Gasteiger partial charge in [-0.2, -0.15) is 0 Å². The van der Waals surface area contributed by atoms with E-state index in [1.807, 2.05) is 20.8 Å². The highest BCUT2D eigenvalue weighted by atomic mass is 16.6. The lowest BCUT2D eigenvalue weighted by Crippen LogP contribution is -2.50. The predicted molar refractivity (Wildman–Crippen MR) is 103 cm³/mol. The van der Waals surface area contributed by atoms with Crippen LogP contribution in [0.2, 0.25) is 0 Å². The minimum atomic E-state index is -0.547. The second-order valence-corrected chi connectivity index (χ2v) is 7.92. The van der Waals surface area contributed by atoms with E-state index in [2.05, 4.69) is 20.7 Å². The maximum absolute atomic E-state index is 12.2. The molecule has 0 unspecified atom stereocenters.